The van der Waals surface area contributed by atoms with Gasteiger partial charge >= 0.3 is 0 Å². The summed E-state index contributed by atoms with van der Waals surface area (Å²) in [6, 6.07) is 6.31. The van der Waals surface area contributed by atoms with Crippen molar-refractivity contribution in [3.8, 4) is 0 Å². The molecule has 0 spiro atoms. The molecule has 0 radical (unpaired) electrons. The van der Waals surface area contributed by atoms with E-state index in [0.717, 1.165) is 4.47 Å². The Morgan fingerprint density at radius 1 is 1.50 bits per heavy atom. The Kier molecular flexibility index (Phi) is 3.62. The molecule has 0 aliphatic heterocycles. The summed E-state index contributed by atoms with van der Waals surface area (Å²) in [7, 11) is 0. The molecule has 3 heteroatoms. The average molecular weight is 246 g/mol. The van der Waals surface area contributed by atoms with E-state index in [0.29, 0.717) is 0 Å². The highest BCUT2D eigenvalue weighted by Gasteiger charge is 2.05. The molecule has 1 aromatic rings. The first-order chi connectivity index (χ1) is 5.65. The number of hydrogen-bond donors (Lipinski definition) is 1. The van der Waals surface area contributed by atoms with Crippen LogP contribution in [0.15, 0.2) is 27.6 Å². The second-order valence-electron chi connectivity index (χ2n) is 2.67. The summed E-state index contributed by atoms with van der Waals surface area (Å²) in [5.74, 6) is 0. The second kappa shape index (κ2) is 4.30. The van der Waals surface area contributed by atoms with Crippen molar-refractivity contribution in [2.24, 2.45) is 5.73 Å². The zero-order chi connectivity index (χ0) is 9.14. The third-order valence-corrected chi connectivity index (χ3v) is 2.99. The van der Waals surface area contributed by atoms with Gasteiger partial charge in [0.1, 0.15) is 0 Å². The van der Waals surface area contributed by atoms with Crippen molar-refractivity contribution in [1.29, 1.82) is 0 Å². The van der Waals surface area contributed by atoms with Crippen LogP contribution in [0, 0.1) is 0 Å². The number of halogens is 1. The Morgan fingerprint density at radius 3 is 2.67 bits per heavy atom. The summed E-state index contributed by atoms with van der Waals surface area (Å²) in [6.45, 7) is 2.00. The van der Waals surface area contributed by atoms with Gasteiger partial charge in [0.25, 0.3) is 0 Å². The zero-order valence-corrected chi connectivity index (χ0v) is 9.58. The molecule has 2 N–H and O–H groups in total. The summed E-state index contributed by atoms with van der Waals surface area (Å²) in [6.07, 6.45) is 2.06. The van der Waals surface area contributed by atoms with Gasteiger partial charge in [-0.15, -0.1) is 11.8 Å². The molecular weight excluding hydrogens is 234 g/mol. The maximum atomic E-state index is 5.82. The molecule has 66 valence electrons. The van der Waals surface area contributed by atoms with E-state index >= 15 is 0 Å². The van der Waals surface area contributed by atoms with Crippen molar-refractivity contribution in [2.75, 3.05) is 6.26 Å². The van der Waals surface area contributed by atoms with Crippen LogP contribution in [-0.4, -0.2) is 6.26 Å². The van der Waals surface area contributed by atoms with E-state index in [1.807, 2.05) is 13.0 Å². The molecule has 0 saturated carbocycles. The van der Waals surface area contributed by atoms with E-state index in [1.54, 1.807) is 11.8 Å². The summed E-state index contributed by atoms with van der Waals surface area (Å²) < 4.78 is 1.09. The number of benzene rings is 1. The fourth-order valence-electron chi connectivity index (χ4n) is 1.06. The molecule has 12 heavy (non-hydrogen) atoms. The minimum atomic E-state index is 0.102. The van der Waals surface area contributed by atoms with Gasteiger partial charge in [0, 0.05) is 15.4 Å². The molecule has 0 bridgehead atoms. The molecule has 1 aromatic carbocycles. The largest absolute Gasteiger partial charge is 0.324 e. The van der Waals surface area contributed by atoms with Gasteiger partial charge in [0.05, 0.1) is 0 Å². The third kappa shape index (κ3) is 2.25. The lowest BCUT2D eigenvalue weighted by Gasteiger charge is -2.10. The lowest BCUT2D eigenvalue weighted by molar-refractivity contribution is 0.797. The quantitative estimate of drug-likeness (QED) is 0.811. The number of hydrogen-bond acceptors (Lipinski definition) is 2. The molecule has 0 aliphatic rings. The van der Waals surface area contributed by atoms with Crippen LogP contribution in [-0.2, 0) is 0 Å². The van der Waals surface area contributed by atoms with E-state index in [2.05, 4.69) is 34.3 Å². The molecule has 1 unspecified atom stereocenters. The molecule has 0 aromatic heterocycles. The van der Waals surface area contributed by atoms with Gasteiger partial charge < -0.3 is 5.73 Å². The Labute approximate surface area is 85.9 Å². The molecule has 1 nitrogen and oxygen atoms in total. The van der Waals surface area contributed by atoms with Crippen LogP contribution < -0.4 is 5.73 Å². The predicted molar refractivity (Wildman–Crippen MR) is 58.5 cm³/mol. The van der Waals surface area contributed by atoms with E-state index in [1.165, 1.54) is 10.5 Å². The summed E-state index contributed by atoms with van der Waals surface area (Å²) in [5.41, 5.74) is 7.03. The molecule has 1 rings (SSSR count). The minimum Gasteiger partial charge on any atom is -0.324 e. The van der Waals surface area contributed by atoms with Gasteiger partial charge in [-0.1, -0.05) is 15.9 Å². The molecular formula is C9H12BrNS. The van der Waals surface area contributed by atoms with Crippen LogP contribution in [0.5, 0.6) is 0 Å². The SMILES string of the molecule is CSc1ccc(Br)cc1C(C)N. The van der Waals surface area contributed by atoms with Gasteiger partial charge in [-0.3, -0.25) is 0 Å². The van der Waals surface area contributed by atoms with Crippen molar-refractivity contribution in [2.45, 2.75) is 17.9 Å². The first-order valence-electron chi connectivity index (χ1n) is 3.74. The van der Waals surface area contributed by atoms with Crippen molar-refractivity contribution >= 4 is 27.7 Å². The van der Waals surface area contributed by atoms with E-state index in [4.69, 9.17) is 5.73 Å². The van der Waals surface area contributed by atoms with E-state index < -0.39 is 0 Å². The Balaban J connectivity index is 3.12. The molecule has 0 saturated heterocycles. The van der Waals surface area contributed by atoms with E-state index in [-0.39, 0.29) is 6.04 Å². The second-order valence-corrected chi connectivity index (χ2v) is 4.44. The van der Waals surface area contributed by atoms with Gasteiger partial charge in [0.2, 0.25) is 0 Å². The molecule has 1 atom stereocenters. The van der Waals surface area contributed by atoms with Gasteiger partial charge in [0.15, 0.2) is 0 Å². The highest BCUT2D eigenvalue weighted by Crippen LogP contribution is 2.27. The van der Waals surface area contributed by atoms with Crippen LogP contribution in [0.4, 0.5) is 0 Å². The lowest BCUT2D eigenvalue weighted by Crippen LogP contribution is -2.06. The van der Waals surface area contributed by atoms with Crippen LogP contribution >= 0.6 is 27.7 Å². The van der Waals surface area contributed by atoms with Crippen molar-refractivity contribution in [3.05, 3.63) is 28.2 Å². The van der Waals surface area contributed by atoms with Crippen LogP contribution in [0.2, 0.25) is 0 Å². The normalized spacial score (nSPS) is 13.0. The maximum Gasteiger partial charge on any atom is 0.0277 e. The molecule has 0 fully saturated rings. The summed E-state index contributed by atoms with van der Waals surface area (Å²) >= 11 is 5.16. The highest BCUT2D eigenvalue weighted by molar-refractivity contribution is 9.10. The number of nitrogens with two attached hydrogens (primary N) is 1. The number of rotatable bonds is 2. The Morgan fingerprint density at radius 2 is 2.17 bits per heavy atom. The Hall–Kier alpha value is 0.01000. The topological polar surface area (TPSA) is 26.0 Å². The first-order valence-corrected chi connectivity index (χ1v) is 5.76. The first kappa shape index (κ1) is 10.1. The fraction of sp³-hybridized carbons (Fsp3) is 0.333. The van der Waals surface area contributed by atoms with Crippen molar-refractivity contribution < 1.29 is 0 Å². The van der Waals surface area contributed by atoms with Crippen LogP contribution in [0.3, 0.4) is 0 Å². The average Bonchev–Trinajstić information content (AvgIpc) is 2.04. The fourth-order valence-corrected chi connectivity index (χ4v) is 2.12. The molecule has 0 aliphatic carbocycles. The summed E-state index contributed by atoms with van der Waals surface area (Å²) in [5, 5.41) is 0. The number of thioether (sulfide) groups is 1. The zero-order valence-electron chi connectivity index (χ0n) is 7.17. The molecule has 0 heterocycles. The standard InChI is InChI=1S/C9H12BrNS/c1-6(11)8-5-7(10)3-4-9(8)12-2/h3-6H,11H2,1-2H3. The molecule has 0 amide bonds. The maximum absolute atomic E-state index is 5.82. The van der Waals surface area contributed by atoms with Gasteiger partial charge in [-0.05, 0) is 36.9 Å². The van der Waals surface area contributed by atoms with E-state index in [9.17, 15) is 0 Å². The smallest absolute Gasteiger partial charge is 0.0277 e. The predicted octanol–water partition coefficient (Wildman–Crippen LogP) is 3.19. The third-order valence-electron chi connectivity index (χ3n) is 1.68. The van der Waals surface area contributed by atoms with Crippen LogP contribution in [0.1, 0.15) is 18.5 Å². The van der Waals surface area contributed by atoms with Crippen molar-refractivity contribution in [3.63, 3.8) is 0 Å². The Bertz CT molecular complexity index is 273. The highest BCUT2D eigenvalue weighted by atomic mass is 79.9. The van der Waals surface area contributed by atoms with Gasteiger partial charge in [-0.25, -0.2) is 0 Å². The van der Waals surface area contributed by atoms with Crippen LogP contribution in [0.25, 0.3) is 0 Å². The van der Waals surface area contributed by atoms with Gasteiger partial charge in [-0.2, -0.15) is 0 Å². The monoisotopic (exact) mass is 245 g/mol. The van der Waals surface area contributed by atoms with Crippen molar-refractivity contribution in [1.82, 2.24) is 0 Å². The summed E-state index contributed by atoms with van der Waals surface area (Å²) in [4.78, 5) is 1.26. The lowest BCUT2D eigenvalue weighted by atomic mass is 10.1. The minimum absolute atomic E-state index is 0.102.